The number of hydrogen-bond acceptors (Lipinski definition) is 7. The van der Waals surface area contributed by atoms with Crippen LogP contribution < -0.4 is 15.0 Å². The molecule has 8 heteroatoms. The van der Waals surface area contributed by atoms with Crippen LogP contribution in [0.1, 0.15) is 25.8 Å². The Morgan fingerprint density at radius 1 is 1.23 bits per heavy atom. The van der Waals surface area contributed by atoms with Crippen molar-refractivity contribution in [1.29, 1.82) is 0 Å². The molecular weight excluding hydrogens is 416 g/mol. The number of benzene rings is 2. The minimum absolute atomic E-state index is 0.110. The van der Waals surface area contributed by atoms with Crippen molar-refractivity contribution in [2.24, 2.45) is 0 Å². The van der Waals surface area contributed by atoms with Gasteiger partial charge in [0.05, 0.1) is 17.5 Å². The van der Waals surface area contributed by atoms with E-state index in [9.17, 15) is 4.79 Å². The molecule has 4 rings (SSSR count). The van der Waals surface area contributed by atoms with Crippen molar-refractivity contribution in [1.82, 2.24) is 10.2 Å². The summed E-state index contributed by atoms with van der Waals surface area (Å²) in [4.78, 5) is 15.0. The van der Waals surface area contributed by atoms with Gasteiger partial charge in [-0.1, -0.05) is 53.4 Å². The third-order valence-corrected chi connectivity index (χ3v) is 6.85. The second kappa shape index (κ2) is 9.49. The second-order valence-electron chi connectivity index (χ2n) is 6.91. The van der Waals surface area contributed by atoms with Crippen molar-refractivity contribution in [3.05, 3.63) is 54.1 Å². The fourth-order valence-electron chi connectivity index (χ4n) is 3.46. The number of rotatable bonds is 7. The zero-order chi connectivity index (χ0) is 20.9. The van der Waals surface area contributed by atoms with Gasteiger partial charge in [0.1, 0.15) is 5.75 Å². The van der Waals surface area contributed by atoms with Gasteiger partial charge in [-0.15, -0.1) is 10.2 Å². The van der Waals surface area contributed by atoms with Gasteiger partial charge in [-0.2, -0.15) is 0 Å². The van der Waals surface area contributed by atoms with Crippen molar-refractivity contribution >= 4 is 45.5 Å². The zero-order valence-corrected chi connectivity index (χ0v) is 18.6. The van der Waals surface area contributed by atoms with Gasteiger partial charge in [-0.3, -0.25) is 4.79 Å². The van der Waals surface area contributed by atoms with Crippen molar-refractivity contribution in [3.8, 4) is 5.75 Å². The number of carbonyl (C=O) groups is 1. The van der Waals surface area contributed by atoms with E-state index in [4.69, 9.17) is 4.74 Å². The van der Waals surface area contributed by atoms with Gasteiger partial charge in [-0.05, 0) is 50.5 Å². The second-order valence-corrected chi connectivity index (χ2v) is 9.47. The summed E-state index contributed by atoms with van der Waals surface area (Å²) in [6, 6.07) is 15.9. The first-order chi connectivity index (χ1) is 14.7. The fourth-order valence-corrected chi connectivity index (χ4v) is 5.43. The van der Waals surface area contributed by atoms with E-state index in [1.807, 2.05) is 61.2 Å². The summed E-state index contributed by atoms with van der Waals surface area (Å²) in [5.41, 5.74) is 3.12. The van der Waals surface area contributed by atoms with Gasteiger partial charge in [-0.25, -0.2) is 0 Å². The lowest BCUT2D eigenvalue weighted by atomic mass is 10.0. The van der Waals surface area contributed by atoms with E-state index in [0.717, 1.165) is 40.9 Å². The van der Waals surface area contributed by atoms with Gasteiger partial charge in [0.15, 0.2) is 4.34 Å². The van der Waals surface area contributed by atoms with Crippen LogP contribution in [0.5, 0.6) is 5.75 Å². The maximum atomic E-state index is 13.1. The summed E-state index contributed by atoms with van der Waals surface area (Å²) in [6.45, 7) is 5.24. The van der Waals surface area contributed by atoms with Gasteiger partial charge in [0, 0.05) is 12.2 Å². The number of nitrogens with one attached hydrogen (secondary N) is 1. The molecule has 0 unspecified atom stereocenters. The molecule has 0 saturated carbocycles. The molecular formula is C22H24N4O2S2. The highest BCUT2D eigenvalue weighted by molar-refractivity contribution is 8.02. The highest BCUT2D eigenvalue weighted by atomic mass is 32.2. The van der Waals surface area contributed by atoms with Crippen molar-refractivity contribution in [2.45, 2.75) is 36.3 Å². The molecule has 0 fully saturated rings. The van der Waals surface area contributed by atoms with Crippen molar-refractivity contribution in [2.75, 3.05) is 23.4 Å². The van der Waals surface area contributed by atoms with Crippen LogP contribution in [0.4, 0.5) is 16.5 Å². The van der Waals surface area contributed by atoms with Crippen LogP contribution in [-0.4, -0.2) is 34.5 Å². The molecule has 2 aromatic carbocycles. The SMILES string of the molecule is CCOc1ccccc1Nc1nnc(S[C@H](C)C(=O)N2CCCc3ccccc32)s1. The van der Waals surface area contributed by atoms with E-state index in [-0.39, 0.29) is 11.2 Å². The van der Waals surface area contributed by atoms with E-state index in [1.165, 1.54) is 28.7 Å². The molecule has 1 aliphatic rings. The minimum Gasteiger partial charge on any atom is -0.492 e. The molecule has 156 valence electrons. The molecule has 30 heavy (non-hydrogen) atoms. The lowest BCUT2D eigenvalue weighted by Crippen LogP contribution is -2.40. The molecule has 1 aliphatic heterocycles. The number of ether oxygens (including phenoxy) is 1. The van der Waals surface area contributed by atoms with E-state index in [2.05, 4.69) is 21.6 Å². The highest BCUT2D eigenvalue weighted by Gasteiger charge is 2.27. The molecule has 3 aromatic rings. The van der Waals surface area contributed by atoms with E-state index >= 15 is 0 Å². The van der Waals surface area contributed by atoms with E-state index < -0.39 is 0 Å². The average molecular weight is 441 g/mol. The van der Waals surface area contributed by atoms with Gasteiger partial charge >= 0.3 is 0 Å². The Morgan fingerprint density at radius 3 is 2.90 bits per heavy atom. The number of amides is 1. The van der Waals surface area contributed by atoms with Crippen LogP contribution in [0.15, 0.2) is 52.9 Å². The quantitative estimate of drug-likeness (QED) is 0.513. The summed E-state index contributed by atoms with van der Waals surface area (Å²) in [5, 5.41) is 12.2. The Bertz CT molecular complexity index is 1020. The largest absolute Gasteiger partial charge is 0.492 e. The molecule has 1 amide bonds. The minimum atomic E-state index is -0.243. The maximum Gasteiger partial charge on any atom is 0.240 e. The first-order valence-electron chi connectivity index (χ1n) is 10.0. The Hall–Kier alpha value is -2.58. The molecule has 1 aromatic heterocycles. The molecule has 2 heterocycles. The van der Waals surface area contributed by atoms with Crippen LogP contribution in [0, 0.1) is 0 Å². The summed E-state index contributed by atoms with van der Waals surface area (Å²) < 4.78 is 6.41. The van der Waals surface area contributed by atoms with Crippen LogP contribution in [0.25, 0.3) is 0 Å². The Labute approximate surface area is 184 Å². The third-order valence-electron chi connectivity index (χ3n) is 4.84. The third kappa shape index (κ3) is 4.60. The van der Waals surface area contributed by atoms with Gasteiger partial charge in [0.25, 0.3) is 0 Å². The number of anilines is 3. The van der Waals surface area contributed by atoms with Gasteiger partial charge in [0.2, 0.25) is 11.0 Å². The number of hydrogen-bond donors (Lipinski definition) is 1. The fraction of sp³-hybridized carbons (Fsp3) is 0.318. The molecule has 0 spiro atoms. The molecule has 6 nitrogen and oxygen atoms in total. The Morgan fingerprint density at radius 2 is 2.03 bits per heavy atom. The topological polar surface area (TPSA) is 67.3 Å². The van der Waals surface area contributed by atoms with Crippen molar-refractivity contribution < 1.29 is 9.53 Å². The molecule has 0 saturated heterocycles. The Balaban J connectivity index is 1.42. The molecule has 0 aliphatic carbocycles. The average Bonchev–Trinajstić information content (AvgIpc) is 3.21. The summed E-state index contributed by atoms with van der Waals surface area (Å²) in [5.74, 6) is 0.885. The predicted octanol–water partition coefficient (Wildman–Crippen LogP) is 5.14. The number of carbonyl (C=O) groups excluding carboxylic acids is 1. The monoisotopic (exact) mass is 440 g/mol. The van der Waals surface area contributed by atoms with Crippen molar-refractivity contribution in [3.63, 3.8) is 0 Å². The number of aryl methyl sites for hydroxylation is 1. The smallest absolute Gasteiger partial charge is 0.240 e. The first-order valence-corrected chi connectivity index (χ1v) is 11.7. The molecule has 1 N–H and O–H groups in total. The van der Waals surface area contributed by atoms with Gasteiger partial charge < -0.3 is 15.0 Å². The number of nitrogens with zero attached hydrogens (tertiary/aromatic N) is 3. The normalized spacial score (nSPS) is 14.1. The lowest BCUT2D eigenvalue weighted by molar-refractivity contribution is -0.117. The molecule has 0 radical (unpaired) electrons. The predicted molar refractivity (Wildman–Crippen MR) is 123 cm³/mol. The number of para-hydroxylation sites is 3. The number of thioether (sulfide) groups is 1. The molecule has 0 bridgehead atoms. The highest BCUT2D eigenvalue weighted by Crippen LogP contribution is 2.35. The number of fused-ring (bicyclic) bond motifs is 1. The van der Waals surface area contributed by atoms with Crippen LogP contribution >= 0.6 is 23.1 Å². The first kappa shape index (κ1) is 20.7. The van der Waals surface area contributed by atoms with E-state index in [1.54, 1.807) is 0 Å². The standard InChI is InChI=1S/C22H24N4O2S2/c1-3-28-19-13-7-5-11-17(19)23-21-24-25-22(30-21)29-15(2)20(27)26-14-8-10-16-9-4-6-12-18(16)26/h4-7,9,11-13,15H,3,8,10,14H2,1-2H3,(H,23,24)/t15-/m1/s1. The number of aromatic nitrogens is 2. The van der Waals surface area contributed by atoms with Crippen LogP contribution in [0.3, 0.4) is 0 Å². The Kier molecular flexibility index (Phi) is 6.54. The van der Waals surface area contributed by atoms with E-state index in [0.29, 0.717) is 11.7 Å². The summed E-state index contributed by atoms with van der Waals surface area (Å²) in [6.07, 6.45) is 2.02. The maximum absolute atomic E-state index is 13.1. The molecule has 1 atom stereocenters. The zero-order valence-electron chi connectivity index (χ0n) is 17.0. The lowest BCUT2D eigenvalue weighted by Gasteiger charge is -2.31. The van der Waals surface area contributed by atoms with Crippen LogP contribution in [0.2, 0.25) is 0 Å². The summed E-state index contributed by atoms with van der Waals surface area (Å²) in [7, 11) is 0. The summed E-state index contributed by atoms with van der Waals surface area (Å²) >= 11 is 2.88. The van der Waals surface area contributed by atoms with Crippen LogP contribution in [-0.2, 0) is 11.2 Å².